The topological polar surface area (TPSA) is 61.5 Å². The molecule has 5 heteroatoms. The maximum atomic E-state index is 11.5. The van der Waals surface area contributed by atoms with Crippen LogP contribution in [0, 0.1) is 5.92 Å². The zero-order valence-corrected chi connectivity index (χ0v) is 11.8. The van der Waals surface area contributed by atoms with E-state index in [-0.39, 0.29) is 0 Å². The molecule has 1 fully saturated rings. The molecule has 98 valence electrons. The highest BCUT2D eigenvalue weighted by Crippen LogP contribution is 2.34. The molecule has 0 amide bonds. The molecule has 0 bridgehead atoms. The SMILES string of the molecule is COC(=O)c1cc(OCCC2CC2)c(Br)cc1N. The van der Waals surface area contributed by atoms with Crippen molar-refractivity contribution in [2.24, 2.45) is 5.92 Å². The predicted molar refractivity (Wildman–Crippen MR) is 72.7 cm³/mol. The minimum Gasteiger partial charge on any atom is -0.492 e. The molecular weight excluding hydrogens is 298 g/mol. The van der Waals surface area contributed by atoms with Gasteiger partial charge in [0, 0.05) is 5.69 Å². The summed E-state index contributed by atoms with van der Waals surface area (Å²) >= 11 is 3.38. The fraction of sp³-hybridized carbons (Fsp3) is 0.462. The van der Waals surface area contributed by atoms with E-state index in [4.69, 9.17) is 10.5 Å². The molecule has 1 saturated carbocycles. The summed E-state index contributed by atoms with van der Waals surface area (Å²) in [4.78, 5) is 11.5. The van der Waals surface area contributed by atoms with E-state index in [0.29, 0.717) is 23.6 Å². The molecule has 18 heavy (non-hydrogen) atoms. The molecule has 1 aliphatic carbocycles. The monoisotopic (exact) mass is 313 g/mol. The maximum Gasteiger partial charge on any atom is 0.340 e. The van der Waals surface area contributed by atoms with Crippen LogP contribution < -0.4 is 10.5 Å². The largest absolute Gasteiger partial charge is 0.492 e. The van der Waals surface area contributed by atoms with Gasteiger partial charge in [-0.1, -0.05) is 12.8 Å². The molecule has 0 spiro atoms. The van der Waals surface area contributed by atoms with Crippen LogP contribution in [0.25, 0.3) is 0 Å². The lowest BCUT2D eigenvalue weighted by molar-refractivity contribution is 0.0601. The smallest absolute Gasteiger partial charge is 0.340 e. The molecule has 0 saturated heterocycles. The van der Waals surface area contributed by atoms with Gasteiger partial charge in [0.2, 0.25) is 0 Å². The molecule has 1 aromatic carbocycles. The third kappa shape index (κ3) is 3.16. The number of esters is 1. The Balaban J connectivity index is 2.09. The van der Waals surface area contributed by atoms with Crippen LogP contribution in [0.5, 0.6) is 5.75 Å². The highest BCUT2D eigenvalue weighted by Gasteiger charge is 2.21. The average Bonchev–Trinajstić information content (AvgIpc) is 3.15. The summed E-state index contributed by atoms with van der Waals surface area (Å²) in [5.41, 5.74) is 6.48. The van der Waals surface area contributed by atoms with Gasteiger partial charge in [0.1, 0.15) is 5.75 Å². The van der Waals surface area contributed by atoms with Gasteiger partial charge in [-0.15, -0.1) is 0 Å². The molecule has 0 atom stereocenters. The van der Waals surface area contributed by atoms with Crippen LogP contribution in [-0.2, 0) is 4.74 Å². The molecule has 1 aliphatic rings. The molecule has 1 aromatic rings. The zero-order chi connectivity index (χ0) is 13.1. The van der Waals surface area contributed by atoms with Crippen LogP contribution in [-0.4, -0.2) is 19.7 Å². The molecular formula is C13H16BrNO3. The number of nitrogens with two attached hydrogens (primary N) is 1. The second kappa shape index (κ2) is 5.61. The van der Waals surface area contributed by atoms with Gasteiger partial charge in [-0.3, -0.25) is 0 Å². The Morgan fingerprint density at radius 1 is 1.50 bits per heavy atom. The maximum absolute atomic E-state index is 11.5. The van der Waals surface area contributed by atoms with Gasteiger partial charge < -0.3 is 15.2 Å². The highest BCUT2D eigenvalue weighted by molar-refractivity contribution is 9.10. The normalized spacial score (nSPS) is 14.3. The van der Waals surface area contributed by atoms with Gasteiger partial charge in [0.25, 0.3) is 0 Å². The Morgan fingerprint density at radius 2 is 2.22 bits per heavy atom. The van der Waals surface area contributed by atoms with Crippen molar-refractivity contribution in [3.05, 3.63) is 22.2 Å². The van der Waals surface area contributed by atoms with E-state index in [1.165, 1.54) is 20.0 Å². The number of anilines is 1. The van der Waals surface area contributed by atoms with Crippen LogP contribution >= 0.6 is 15.9 Å². The van der Waals surface area contributed by atoms with Crippen molar-refractivity contribution in [1.82, 2.24) is 0 Å². The molecule has 0 unspecified atom stereocenters. The van der Waals surface area contributed by atoms with Crippen LogP contribution in [0.4, 0.5) is 5.69 Å². The number of hydrogen-bond donors (Lipinski definition) is 1. The first-order valence-corrected chi connectivity index (χ1v) is 6.71. The van der Waals surface area contributed by atoms with Crippen molar-refractivity contribution >= 4 is 27.6 Å². The number of nitrogen functional groups attached to an aromatic ring is 1. The molecule has 0 aliphatic heterocycles. The summed E-state index contributed by atoms with van der Waals surface area (Å²) in [5, 5.41) is 0. The number of rotatable bonds is 5. The third-order valence-electron chi connectivity index (χ3n) is 2.99. The van der Waals surface area contributed by atoms with E-state index in [0.717, 1.165) is 16.8 Å². The van der Waals surface area contributed by atoms with Crippen molar-refractivity contribution in [2.75, 3.05) is 19.5 Å². The van der Waals surface area contributed by atoms with Crippen molar-refractivity contribution in [2.45, 2.75) is 19.3 Å². The number of carbonyl (C=O) groups excluding carboxylic acids is 1. The highest BCUT2D eigenvalue weighted by atomic mass is 79.9. The lowest BCUT2D eigenvalue weighted by Gasteiger charge is -2.11. The van der Waals surface area contributed by atoms with Gasteiger partial charge in [-0.05, 0) is 40.4 Å². The Bertz CT molecular complexity index is 458. The quantitative estimate of drug-likeness (QED) is 0.670. The lowest BCUT2D eigenvalue weighted by atomic mass is 10.1. The predicted octanol–water partition coefficient (Wildman–Crippen LogP) is 3.00. The van der Waals surface area contributed by atoms with Gasteiger partial charge in [0.05, 0.1) is 23.8 Å². The van der Waals surface area contributed by atoms with Gasteiger partial charge in [-0.25, -0.2) is 4.79 Å². The molecule has 0 heterocycles. The molecule has 0 aromatic heterocycles. The summed E-state index contributed by atoms with van der Waals surface area (Å²) in [6, 6.07) is 3.29. The minimum atomic E-state index is -0.452. The van der Waals surface area contributed by atoms with E-state index in [1.807, 2.05) is 0 Å². The first kappa shape index (κ1) is 13.2. The minimum absolute atomic E-state index is 0.335. The standard InChI is InChI=1S/C13H16BrNO3/c1-17-13(16)9-6-12(10(14)7-11(9)15)18-5-4-8-2-3-8/h6-8H,2-5,15H2,1H3. The summed E-state index contributed by atoms with van der Waals surface area (Å²) in [6.45, 7) is 0.661. The first-order chi connectivity index (χ1) is 8.61. The first-order valence-electron chi connectivity index (χ1n) is 5.92. The molecule has 0 radical (unpaired) electrons. The summed E-state index contributed by atoms with van der Waals surface area (Å²) in [5.74, 6) is 0.995. The number of benzene rings is 1. The third-order valence-corrected chi connectivity index (χ3v) is 3.61. The fourth-order valence-corrected chi connectivity index (χ4v) is 2.18. The molecule has 4 nitrogen and oxygen atoms in total. The number of ether oxygens (including phenoxy) is 2. The molecule has 2 N–H and O–H groups in total. The summed E-state index contributed by atoms with van der Waals surface area (Å²) in [6.07, 6.45) is 3.67. The lowest BCUT2D eigenvalue weighted by Crippen LogP contribution is -2.07. The van der Waals surface area contributed by atoms with Crippen LogP contribution in [0.15, 0.2) is 16.6 Å². The molecule has 2 rings (SSSR count). The number of hydrogen-bond acceptors (Lipinski definition) is 4. The zero-order valence-electron chi connectivity index (χ0n) is 10.2. The second-order valence-corrected chi connectivity index (χ2v) is 5.30. The van der Waals surface area contributed by atoms with Crippen LogP contribution in [0.2, 0.25) is 0 Å². The van der Waals surface area contributed by atoms with E-state index in [9.17, 15) is 4.79 Å². The van der Waals surface area contributed by atoms with Gasteiger partial charge >= 0.3 is 5.97 Å². The second-order valence-electron chi connectivity index (χ2n) is 4.44. The number of methoxy groups -OCH3 is 1. The van der Waals surface area contributed by atoms with Crippen LogP contribution in [0.3, 0.4) is 0 Å². The van der Waals surface area contributed by atoms with Crippen LogP contribution in [0.1, 0.15) is 29.6 Å². The van der Waals surface area contributed by atoms with Crippen molar-refractivity contribution in [1.29, 1.82) is 0 Å². The average molecular weight is 314 g/mol. The van der Waals surface area contributed by atoms with E-state index >= 15 is 0 Å². The van der Waals surface area contributed by atoms with Gasteiger partial charge in [0.15, 0.2) is 0 Å². The van der Waals surface area contributed by atoms with E-state index in [1.54, 1.807) is 12.1 Å². The van der Waals surface area contributed by atoms with Crippen molar-refractivity contribution in [3.8, 4) is 5.75 Å². The van der Waals surface area contributed by atoms with E-state index in [2.05, 4.69) is 20.7 Å². The Kier molecular flexibility index (Phi) is 4.11. The van der Waals surface area contributed by atoms with Crippen molar-refractivity contribution in [3.63, 3.8) is 0 Å². The number of carbonyl (C=O) groups is 1. The summed E-state index contributed by atoms with van der Waals surface area (Å²) < 4.78 is 11.1. The van der Waals surface area contributed by atoms with E-state index < -0.39 is 5.97 Å². The Labute approximate surface area is 115 Å². The number of halogens is 1. The fourth-order valence-electron chi connectivity index (χ4n) is 1.71. The Morgan fingerprint density at radius 3 is 2.83 bits per heavy atom. The summed E-state index contributed by atoms with van der Waals surface area (Å²) in [7, 11) is 1.33. The Hall–Kier alpha value is -1.23. The van der Waals surface area contributed by atoms with Crippen molar-refractivity contribution < 1.29 is 14.3 Å². The van der Waals surface area contributed by atoms with Gasteiger partial charge in [-0.2, -0.15) is 0 Å².